The summed E-state index contributed by atoms with van der Waals surface area (Å²) in [6, 6.07) is 8.38. The number of fused-ring (bicyclic) bond motifs is 5. The monoisotopic (exact) mass is 284 g/mol. The fraction of sp³-hybridized carbons (Fsp3) is 0.611. The lowest BCUT2D eigenvalue weighted by molar-refractivity contribution is -0.121. The smallest absolute Gasteiger partial charge is 0.220 e. The molecule has 3 N–H and O–H groups in total. The first kappa shape index (κ1) is 13.2. The van der Waals surface area contributed by atoms with Crippen molar-refractivity contribution in [3.63, 3.8) is 0 Å². The molecule has 0 aromatic heterocycles. The minimum Gasteiger partial charge on any atom is -0.399 e. The van der Waals surface area contributed by atoms with Crippen LogP contribution in [0.3, 0.4) is 0 Å². The molecule has 3 nitrogen and oxygen atoms in total. The van der Waals surface area contributed by atoms with E-state index in [0.717, 1.165) is 29.4 Å². The maximum Gasteiger partial charge on any atom is 0.220 e. The van der Waals surface area contributed by atoms with E-state index in [2.05, 4.69) is 12.2 Å². The van der Waals surface area contributed by atoms with Crippen LogP contribution in [0.2, 0.25) is 0 Å². The quantitative estimate of drug-likeness (QED) is 0.835. The lowest BCUT2D eigenvalue weighted by atomic mass is 9.97. The lowest BCUT2D eigenvalue weighted by Crippen LogP contribution is -2.30. The third-order valence-corrected chi connectivity index (χ3v) is 6.06. The van der Waals surface area contributed by atoms with E-state index in [-0.39, 0.29) is 11.8 Å². The Bertz CT molecular complexity index is 537. The molecule has 3 heteroatoms. The minimum absolute atomic E-state index is 0.220. The molecule has 1 aromatic carbocycles. The number of amides is 1. The number of anilines is 1. The van der Waals surface area contributed by atoms with Gasteiger partial charge in [0.15, 0.2) is 0 Å². The van der Waals surface area contributed by atoms with Gasteiger partial charge in [-0.25, -0.2) is 0 Å². The van der Waals surface area contributed by atoms with E-state index in [4.69, 9.17) is 5.73 Å². The lowest BCUT2D eigenvalue weighted by Gasteiger charge is -2.14. The molecule has 3 saturated carbocycles. The fourth-order valence-corrected chi connectivity index (χ4v) is 4.98. The van der Waals surface area contributed by atoms with Gasteiger partial charge in [0.2, 0.25) is 5.91 Å². The molecule has 21 heavy (non-hydrogen) atoms. The number of rotatable bonds is 4. The number of carbonyl (C=O) groups excluding carboxylic acids is 1. The van der Waals surface area contributed by atoms with Crippen LogP contribution in [0, 0.1) is 23.7 Å². The number of nitrogens with two attached hydrogens (primary N) is 1. The molecule has 2 bridgehead atoms. The topological polar surface area (TPSA) is 55.1 Å². The number of hydrogen-bond acceptors (Lipinski definition) is 2. The molecule has 5 unspecified atom stereocenters. The molecule has 3 aliphatic rings. The van der Waals surface area contributed by atoms with Gasteiger partial charge in [-0.05, 0) is 66.5 Å². The van der Waals surface area contributed by atoms with Crippen LogP contribution in [0.25, 0.3) is 0 Å². The summed E-state index contributed by atoms with van der Waals surface area (Å²) in [4.78, 5) is 12.3. The van der Waals surface area contributed by atoms with Crippen molar-refractivity contribution in [3.8, 4) is 0 Å². The maximum atomic E-state index is 12.3. The molecule has 1 amide bonds. The van der Waals surface area contributed by atoms with Crippen molar-refractivity contribution in [3.05, 3.63) is 29.8 Å². The Balaban J connectivity index is 1.31. The largest absolute Gasteiger partial charge is 0.399 e. The third-order valence-electron chi connectivity index (χ3n) is 6.06. The number of benzene rings is 1. The second-order valence-corrected chi connectivity index (χ2v) is 7.35. The average Bonchev–Trinajstić information content (AvgIpc) is 2.84. The van der Waals surface area contributed by atoms with Gasteiger partial charge in [0.25, 0.3) is 0 Å². The number of nitrogens with one attached hydrogen (secondary N) is 1. The van der Waals surface area contributed by atoms with Crippen molar-refractivity contribution < 1.29 is 4.79 Å². The highest BCUT2D eigenvalue weighted by molar-refractivity contribution is 5.77. The third kappa shape index (κ3) is 2.23. The molecule has 0 spiro atoms. The second kappa shape index (κ2) is 4.75. The highest BCUT2D eigenvalue weighted by atomic mass is 16.1. The van der Waals surface area contributed by atoms with Gasteiger partial charge in [-0.15, -0.1) is 0 Å². The number of hydrogen-bond donors (Lipinski definition) is 2. The fourth-order valence-electron chi connectivity index (χ4n) is 4.98. The van der Waals surface area contributed by atoms with E-state index in [1.54, 1.807) is 0 Å². The summed E-state index contributed by atoms with van der Waals surface area (Å²) >= 11 is 0. The number of nitrogen functional groups attached to an aromatic ring is 1. The molecule has 0 saturated heterocycles. The molecule has 0 aliphatic heterocycles. The Hall–Kier alpha value is -1.51. The van der Waals surface area contributed by atoms with Crippen LogP contribution in [0.15, 0.2) is 24.3 Å². The van der Waals surface area contributed by atoms with E-state index in [1.807, 2.05) is 24.3 Å². The van der Waals surface area contributed by atoms with Gasteiger partial charge in [-0.2, -0.15) is 0 Å². The summed E-state index contributed by atoms with van der Waals surface area (Å²) in [6.07, 6.45) is 4.82. The predicted molar refractivity (Wildman–Crippen MR) is 83.6 cm³/mol. The normalized spacial score (nSPS) is 37.1. The van der Waals surface area contributed by atoms with Crippen LogP contribution >= 0.6 is 0 Å². The molecule has 0 heterocycles. The Labute approximate surface area is 126 Å². The minimum atomic E-state index is 0.220. The first-order chi connectivity index (χ1) is 10.1. The Kier molecular flexibility index (Phi) is 2.98. The van der Waals surface area contributed by atoms with Crippen molar-refractivity contribution in [2.24, 2.45) is 23.7 Å². The van der Waals surface area contributed by atoms with E-state index >= 15 is 0 Å². The highest BCUT2D eigenvalue weighted by Crippen LogP contribution is 2.65. The summed E-state index contributed by atoms with van der Waals surface area (Å²) in [5, 5.41) is 3.31. The van der Waals surface area contributed by atoms with Crippen LogP contribution in [0.4, 0.5) is 5.69 Å². The van der Waals surface area contributed by atoms with Gasteiger partial charge >= 0.3 is 0 Å². The van der Waals surface area contributed by atoms with Crippen molar-refractivity contribution in [1.82, 2.24) is 5.32 Å². The summed E-state index contributed by atoms with van der Waals surface area (Å²) in [6.45, 7) is 2.11. The van der Waals surface area contributed by atoms with Gasteiger partial charge < -0.3 is 11.1 Å². The SMILES string of the molecule is CC(CC(=O)NC1C2C3CCC(C3)C12)c1ccc(N)cc1. The van der Waals surface area contributed by atoms with Gasteiger partial charge in [0.05, 0.1) is 0 Å². The van der Waals surface area contributed by atoms with Gasteiger partial charge in [-0.1, -0.05) is 19.1 Å². The summed E-state index contributed by atoms with van der Waals surface area (Å²) in [5.74, 6) is 3.94. The van der Waals surface area contributed by atoms with Crippen LogP contribution in [0.1, 0.15) is 44.1 Å². The number of carbonyl (C=O) groups is 1. The van der Waals surface area contributed by atoms with E-state index in [1.165, 1.54) is 24.8 Å². The van der Waals surface area contributed by atoms with Crippen LogP contribution < -0.4 is 11.1 Å². The van der Waals surface area contributed by atoms with Crippen LogP contribution in [-0.2, 0) is 4.79 Å². The summed E-state index contributed by atoms with van der Waals surface area (Å²) < 4.78 is 0. The first-order valence-electron chi connectivity index (χ1n) is 8.28. The first-order valence-corrected chi connectivity index (χ1v) is 8.28. The van der Waals surface area contributed by atoms with Crippen molar-refractivity contribution in [2.75, 3.05) is 5.73 Å². The predicted octanol–water partition coefficient (Wildman–Crippen LogP) is 2.92. The molecule has 4 rings (SSSR count). The second-order valence-electron chi connectivity index (χ2n) is 7.35. The summed E-state index contributed by atoms with van der Waals surface area (Å²) in [5.41, 5.74) is 7.67. The molecule has 3 fully saturated rings. The van der Waals surface area contributed by atoms with Crippen molar-refractivity contribution in [2.45, 2.75) is 44.6 Å². The highest BCUT2D eigenvalue weighted by Gasteiger charge is 2.65. The zero-order valence-electron chi connectivity index (χ0n) is 12.6. The maximum absolute atomic E-state index is 12.3. The van der Waals surface area contributed by atoms with Gasteiger partial charge in [0.1, 0.15) is 0 Å². The van der Waals surface area contributed by atoms with Crippen LogP contribution in [0.5, 0.6) is 0 Å². The zero-order valence-corrected chi connectivity index (χ0v) is 12.6. The van der Waals surface area contributed by atoms with Crippen molar-refractivity contribution in [1.29, 1.82) is 0 Å². The van der Waals surface area contributed by atoms with E-state index in [9.17, 15) is 4.79 Å². The Morgan fingerprint density at radius 3 is 2.48 bits per heavy atom. The van der Waals surface area contributed by atoms with E-state index in [0.29, 0.717) is 12.5 Å². The van der Waals surface area contributed by atoms with Gasteiger partial charge in [0, 0.05) is 18.2 Å². The Morgan fingerprint density at radius 2 is 1.86 bits per heavy atom. The van der Waals surface area contributed by atoms with Gasteiger partial charge in [-0.3, -0.25) is 4.79 Å². The molecular formula is C18H24N2O. The molecule has 3 aliphatic carbocycles. The van der Waals surface area contributed by atoms with Crippen molar-refractivity contribution >= 4 is 11.6 Å². The van der Waals surface area contributed by atoms with E-state index < -0.39 is 0 Å². The molecular weight excluding hydrogens is 260 g/mol. The molecule has 5 atom stereocenters. The van der Waals surface area contributed by atoms with Crippen LogP contribution in [-0.4, -0.2) is 11.9 Å². The average molecular weight is 284 g/mol. The summed E-state index contributed by atoms with van der Waals surface area (Å²) in [7, 11) is 0. The Morgan fingerprint density at radius 1 is 1.24 bits per heavy atom. The molecule has 0 radical (unpaired) electrons. The standard InChI is InChI=1S/C18H24N2O/c1-10(11-4-6-14(19)7-5-11)8-15(21)20-18-16-12-2-3-13(9-12)17(16)18/h4-7,10,12-13,16-18H,2-3,8-9,19H2,1H3,(H,20,21). The zero-order chi connectivity index (χ0) is 14.6. The molecule has 112 valence electrons. The molecule has 1 aromatic rings.